The number of carbonyl (C=O) groups is 2. The van der Waals surface area contributed by atoms with Crippen molar-refractivity contribution in [3.05, 3.63) is 16.1 Å². The minimum Gasteiger partial charge on any atom is -0.480 e. The highest BCUT2D eigenvalue weighted by Crippen LogP contribution is 2.11. The molecule has 2 N–H and O–H groups in total. The summed E-state index contributed by atoms with van der Waals surface area (Å²) in [5.74, 6) is -1.32. The Morgan fingerprint density at radius 1 is 1.45 bits per heavy atom. The largest absolute Gasteiger partial charge is 0.480 e. The van der Waals surface area contributed by atoms with Crippen molar-refractivity contribution in [2.45, 2.75) is 33.1 Å². The maximum atomic E-state index is 11.5. The lowest BCUT2D eigenvalue weighted by atomic mass is 10.1. The van der Waals surface area contributed by atoms with E-state index in [0.717, 1.165) is 5.01 Å². The lowest BCUT2D eigenvalue weighted by Gasteiger charge is -2.17. The van der Waals surface area contributed by atoms with Crippen LogP contribution in [0.1, 0.15) is 24.5 Å². The second-order valence-corrected chi connectivity index (χ2v) is 5.39. The van der Waals surface area contributed by atoms with Crippen molar-refractivity contribution in [2.75, 3.05) is 7.11 Å². The van der Waals surface area contributed by atoms with Crippen LogP contribution in [0.25, 0.3) is 0 Å². The Balaban J connectivity index is 2.44. The summed E-state index contributed by atoms with van der Waals surface area (Å²) >= 11 is 1.41. The maximum Gasteiger partial charge on any atom is 0.408 e. The number of rotatable bonds is 7. The molecule has 112 valence electrons. The van der Waals surface area contributed by atoms with Crippen molar-refractivity contribution in [3.63, 3.8) is 0 Å². The predicted molar refractivity (Wildman–Crippen MR) is 72.4 cm³/mol. The fourth-order valence-electron chi connectivity index (χ4n) is 1.43. The van der Waals surface area contributed by atoms with Crippen LogP contribution in [0.5, 0.6) is 0 Å². The van der Waals surface area contributed by atoms with Gasteiger partial charge in [0.15, 0.2) is 0 Å². The molecule has 1 aromatic heterocycles. The number of alkyl carbamates (subject to hydrolysis) is 1. The number of nitrogens with one attached hydrogen (secondary N) is 1. The fraction of sp³-hybridized carbons (Fsp3) is 0.583. The average Bonchev–Trinajstić information content (AvgIpc) is 2.81. The molecule has 1 aromatic rings. The molecule has 0 bridgehead atoms. The quantitative estimate of drug-likeness (QED) is 0.794. The van der Waals surface area contributed by atoms with Crippen LogP contribution < -0.4 is 5.32 Å². The number of hydrogen-bond acceptors (Lipinski definition) is 6. The van der Waals surface area contributed by atoms with Gasteiger partial charge in [-0.3, -0.25) is 0 Å². The summed E-state index contributed by atoms with van der Waals surface area (Å²) in [7, 11) is 1.57. The second kappa shape index (κ2) is 7.81. The number of carboxylic acid groups (broad SMARTS) is 1. The summed E-state index contributed by atoms with van der Waals surface area (Å²) in [4.78, 5) is 26.6. The molecule has 0 fully saturated rings. The van der Waals surface area contributed by atoms with Gasteiger partial charge in [-0.15, -0.1) is 11.3 Å². The fourth-order valence-corrected chi connectivity index (χ4v) is 2.18. The minimum absolute atomic E-state index is 0.00349. The summed E-state index contributed by atoms with van der Waals surface area (Å²) in [5, 5.41) is 13.8. The first-order valence-electron chi connectivity index (χ1n) is 6.02. The molecule has 0 radical (unpaired) electrons. The molecule has 0 aliphatic rings. The van der Waals surface area contributed by atoms with E-state index in [0.29, 0.717) is 12.3 Å². The van der Waals surface area contributed by atoms with Crippen LogP contribution in [0.3, 0.4) is 0 Å². The summed E-state index contributed by atoms with van der Waals surface area (Å²) in [6.07, 6.45) is -0.771. The van der Waals surface area contributed by atoms with Crippen molar-refractivity contribution in [1.82, 2.24) is 10.3 Å². The van der Waals surface area contributed by atoms with Crippen molar-refractivity contribution in [1.29, 1.82) is 0 Å². The van der Waals surface area contributed by atoms with Gasteiger partial charge in [0, 0.05) is 12.5 Å². The van der Waals surface area contributed by atoms with E-state index < -0.39 is 18.1 Å². The summed E-state index contributed by atoms with van der Waals surface area (Å²) in [5.41, 5.74) is 0.605. The number of carboxylic acids is 1. The number of ether oxygens (including phenoxy) is 2. The van der Waals surface area contributed by atoms with Gasteiger partial charge in [0.05, 0.1) is 12.3 Å². The van der Waals surface area contributed by atoms with E-state index in [1.165, 1.54) is 11.3 Å². The highest BCUT2D eigenvalue weighted by Gasteiger charge is 2.24. The number of thiazole rings is 1. The normalized spacial score (nSPS) is 12.2. The van der Waals surface area contributed by atoms with E-state index in [9.17, 15) is 9.59 Å². The first kappa shape index (κ1) is 16.4. The number of hydrogen-bond donors (Lipinski definition) is 2. The highest BCUT2D eigenvalue weighted by atomic mass is 32.1. The lowest BCUT2D eigenvalue weighted by molar-refractivity contribution is -0.140. The molecular formula is C12H18N2O5S. The third-order valence-corrected chi connectivity index (χ3v) is 3.30. The SMILES string of the molecule is COCc1nc(COC(=O)N[C@H](C(=O)O)C(C)C)cs1. The van der Waals surface area contributed by atoms with Gasteiger partial charge in [0.25, 0.3) is 0 Å². The Bertz CT molecular complexity index is 460. The molecule has 0 aromatic carbocycles. The van der Waals surface area contributed by atoms with Gasteiger partial charge in [-0.2, -0.15) is 0 Å². The maximum absolute atomic E-state index is 11.5. The standard InChI is InChI=1S/C12H18N2O5S/c1-7(2)10(11(15)16)14-12(17)19-4-8-6-20-9(13-8)5-18-3/h6-7,10H,4-5H2,1-3H3,(H,14,17)(H,15,16)/t10-/m0/s1. The van der Waals surface area contributed by atoms with E-state index in [1.54, 1.807) is 26.3 Å². The molecule has 0 saturated carbocycles. The molecule has 1 amide bonds. The third kappa shape index (κ3) is 5.14. The van der Waals surface area contributed by atoms with Crippen LogP contribution in [-0.2, 0) is 27.5 Å². The van der Waals surface area contributed by atoms with Crippen LogP contribution in [-0.4, -0.2) is 35.3 Å². The zero-order valence-corrected chi connectivity index (χ0v) is 12.4. The molecule has 0 unspecified atom stereocenters. The molecule has 1 rings (SSSR count). The van der Waals surface area contributed by atoms with Crippen molar-refractivity contribution >= 4 is 23.4 Å². The summed E-state index contributed by atoms with van der Waals surface area (Å²) in [6, 6.07) is -0.970. The number of carbonyl (C=O) groups excluding carboxylic acids is 1. The number of aliphatic carboxylic acids is 1. The molecule has 20 heavy (non-hydrogen) atoms. The van der Waals surface area contributed by atoms with E-state index in [1.807, 2.05) is 0 Å². The molecule has 1 atom stereocenters. The van der Waals surface area contributed by atoms with Gasteiger partial charge in [0.2, 0.25) is 0 Å². The van der Waals surface area contributed by atoms with Crippen LogP contribution in [0, 0.1) is 5.92 Å². The summed E-state index contributed by atoms with van der Waals surface area (Å²) < 4.78 is 9.88. The Morgan fingerprint density at radius 3 is 2.70 bits per heavy atom. The molecular weight excluding hydrogens is 284 g/mol. The van der Waals surface area contributed by atoms with Crippen LogP contribution in [0.2, 0.25) is 0 Å². The second-order valence-electron chi connectivity index (χ2n) is 4.45. The number of aromatic nitrogens is 1. The van der Waals surface area contributed by atoms with Gasteiger partial charge < -0.3 is 19.9 Å². The summed E-state index contributed by atoms with van der Waals surface area (Å²) in [6.45, 7) is 3.81. The molecule has 1 heterocycles. The van der Waals surface area contributed by atoms with Crippen LogP contribution in [0.15, 0.2) is 5.38 Å². The first-order chi connectivity index (χ1) is 9.43. The minimum atomic E-state index is -1.09. The molecule has 0 aliphatic carbocycles. The average molecular weight is 302 g/mol. The number of nitrogens with zero attached hydrogens (tertiary/aromatic N) is 1. The molecule has 7 nitrogen and oxygen atoms in total. The predicted octanol–water partition coefficient (Wildman–Crippen LogP) is 1.62. The van der Waals surface area contributed by atoms with E-state index in [2.05, 4.69) is 10.3 Å². The topological polar surface area (TPSA) is 97.8 Å². The van der Waals surface area contributed by atoms with Crippen LogP contribution in [0.4, 0.5) is 4.79 Å². The monoisotopic (exact) mass is 302 g/mol. The van der Waals surface area contributed by atoms with Gasteiger partial charge in [0.1, 0.15) is 17.7 Å². The Morgan fingerprint density at radius 2 is 2.15 bits per heavy atom. The highest BCUT2D eigenvalue weighted by molar-refractivity contribution is 7.09. The van der Waals surface area contributed by atoms with Crippen molar-refractivity contribution < 1.29 is 24.2 Å². The van der Waals surface area contributed by atoms with Crippen LogP contribution >= 0.6 is 11.3 Å². The molecule has 0 spiro atoms. The van der Waals surface area contributed by atoms with Gasteiger partial charge in [-0.05, 0) is 5.92 Å². The zero-order valence-electron chi connectivity index (χ0n) is 11.6. The van der Waals surface area contributed by atoms with Gasteiger partial charge >= 0.3 is 12.1 Å². The van der Waals surface area contributed by atoms with Crippen molar-refractivity contribution in [2.24, 2.45) is 5.92 Å². The molecule has 0 saturated heterocycles. The molecule has 0 aliphatic heterocycles. The Hall–Kier alpha value is -1.67. The zero-order chi connectivity index (χ0) is 15.1. The van der Waals surface area contributed by atoms with E-state index in [4.69, 9.17) is 14.6 Å². The van der Waals surface area contributed by atoms with Crippen molar-refractivity contribution in [3.8, 4) is 0 Å². The smallest absolute Gasteiger partial charge is 0.408 e. The molecule has 8 heteroatoms. The van der Waals surface area contributed by atoms with E-state index >= 15 is 0 Å². The number of amides is 1. The Kier molecular flexibility index (Phi) is 6.40. The first-order valence-corrected chi connectivity index (χ1v) is 6.90. The van der Waals surface area contributed by atoms with E-state index in [-0.39, 0.29) is 12.5 Å². The number of methoxy groups -OCH3 is 1. The van der Waals surface area contributed by atoms with Gasteiger partial charge in [-0.1, -0.05) is 13.8 Å². The third-order valence-electron chi connectivity index (χ3n) is 2.42. The van der Waals surface area contributed by atoms with Gasteiger partial charge in [-0.25, -0.2) is 14.6 Å². The Labute approximate surface area is 120 Å². The lowest BCUT2D eigenvalue weighted by Crippen LogP contribution is -2.44.